The van der Waals surface area contributed by atoms with Gasteiger partial charge < -0.3 is 14.9 Å². The number of phenolic OH excluding ortho intramolecular Hbond substituents is 1. The van der Waals surface area contributed by atoms with Crippen LogP contribution in [0.2, 0.25) is 5.02 Å². The van der Waals surface area contributed by atoms with Crippen LogP contribution in [0, 0.1) is 6.92 Å². The minimum absolute atomic E-state index is 0.120. The Morgan fingerprint density at radius 2 is 2.28 bits per heavy atom. The normalized spacial score (nSPS) is 10.3. The van der Waals surface area contributed by atoms with Crippen molar-refractivity contribution < 1.29 is 14.4 Å². The van der Waals surface area contributed by atoms with Gasteiger partial charge in [0.25, 0.3) is 5.91 Å². The molecule has 18 heavy (non-hydrogen) atoms. The highest BCUT2D eigenvalue weighted by Crippen LogP contribution is 2.21. The lowest BCUT2D eigenvalue weighted by Crippen LogP contribution is -2.22. The van der Waals surface area contributed by atoms with Gasteiger partial charge in [0, 0.05) is 11.1 Å². The van der Waals surface area contributed by atoms with Crippen LogP contribution >= 0.6 is 11.6 Å². The number of nitrogens with zero attached hydrogens (tertiary/aromatic N) is 1. The summed E-state index contributed by atoms with van der Waals surface area (Å²) in [6.07, 6.45) is 0. The Morgan fingerprint density at radius 1 is 1.50 bits per heavy atom. The predicted molar refractivity (Wildman–Crippen MR) is 65.5 cm³/mol. The van der Waals surface area contributed by atoms with Gasteiger partial charge in [0.1, 0.15) is 5.75 Å². The standard InChI is InChI=1S/C12H11ClN2O3/c1-7-4-9(18-15-7)6-14-12(17)10-5-8(13)2-3-11(10)16/h2-5,16H,6H2,1H3,(H,14,17). The molecule has 0 saturated heterocycles. The van der Waals surface area contributed by atoms with Gasteiger partial charge in [-0.3, -0.25) is 4.79 Å². The number of benzene rings is 1. The molecule has 94 valence electrons. The number of phenols is 1. The van der Waals surface area contributed by atoms with Crippen LogP contribution in [-0.2, 0) is 6.54 Å². The number of aromatic hydroxyl groups is 1. The quantitative estimate of drug-likeness (QED) is 0.894. The molecule has 0 atom stereocenters. The highest BCUT2D eigenvalue weighted by molar-refractivity contribution is 6.31. The van der Waals surface area contributed by atoms with E-state index in [0.717, 1.165) is 5.69 Å². The van der Waals surface area contributed by atoms with Crippen LogP contribution in [0.5, 0.6) is 5.75 Å². The molecule has 5 nitrogen and oxygen atoms in total. The number of hydrogen-bond acceptors (Lipinski definition) is 4. The van der Waals surface area contributed by atoms with Gasteiger partial charge in [0.2, 0.25) is 0 Å². The summed E-state index contributed by atoms with van der Waals surface area (Å²) < 4.78 is 4.95. The highest BCUT2D eigenvalue weighted by Gasteiger charge is 2.12. The zero-order valence-corrected chi connectivity index (χ0v) is 10.4. The first kappa shape index (κ1) is 12.4. The van der Waals surface area contributed by atoms with Gasteiger partial charge in [-0.25, -0.2) is 0 Å². The van der Waals surface area contributed by atoms with Crippen molar-refractivity contribution in [2.75, 3.05) is 0 Å². The highest BCUT2D eigenvalue weighted by atomic mass is 35.5. The van der Waals surface area contributed by atoms with Crippen LogP contribution in [-0.4, -0.2) is 16.2 Å². The molecule has 0 spiro atoms. The number of carbonyl (C=O) groups excluding carboxylic acids is 1. The van der Waals surface area contributed by atoms with E-state index in [2.05, 4.69) is 10.5 Å². The van der Waals surface area contributed by atoms with Crippen LogP contribution in [0.4, 0.5) is 0 Å². The molecule has 0 bridgehead atoms. The van der Waals surface area contributed by atoms with Gasteiger partial charge in [0.15, 0.2) is 5.76 Å². The minimum atomic E-state index is -0.427. The molecule has 0 saturated carbocycles. The average Bonchev–Trinajstić information content (AvgIpc) is 2.75. The smallest absolute Gasteiger partial charge is 0.255 e. The number of carbonyl (C=O) groups is 1. The molecule has 2 N–H and O–H groups in total. The molecule has 0 aliphatic rings. The van der Waals surface area contributed by atoms with E-state index in [1.165, 1.54) is 18.2 Å². The van der Waals surface area contributed by atoms with Gasteiger partial charge in [-0.05, 0) is 25.1 Å². The lowest BCUT2D eigenvalue weighted by atomic mass is 10.2. The fraction of sp³-hybridized carbons (Fsp3) is 0.167. The number of aryl methyl sites for hydroxylation is 1. The topological polar surface area (TPSA) is 75.4 Å². The maximum Gasteiger partial charge on any atom is 0.255 e. The number of nitrogens with one attached hydrogen (secondary N) is 1. The molecule has 2 aromatic rings. The Kier molecular flexibility index (Phi) is 3.53. The van der Waals surface area contributed by atoms with Crippen LogP contribution in [0.3, 0.4) is 0 Å². The third-order valence-corrected chi connectivity index (χ3v) is 2.54. The van der Waals surface area contributed by atoms with E-state index in [1.807, 2.05) is 0 Å². The summed E-state index contributed by atoms with van der Waals surface area (Å²) in [4.78, 5) is 11.8. The van der Waals surface area contributed by atoms with E-state index >= 15 is 0 Å². The first-order valence-corrected chi connectivity index (χ1v) is 5.63. The molecule has 0 radical (unpaired) electrons. The molecule has 1 aromatic heterocycles. The van der Waals surface area contributed by atoms with Crippen molar-refractivity contribution in [2.24, 2.45) is 0 Å². The summed E-state index contributed by atoms with van der Waals surface area (Å²) >= 11 is 5.76. The number of hydrogen-bond donors (Lipinski definition) is 2. The molecule has 0 aliphatic heterocycles. The van der Waals surface area contributed by atoms with Crippen LogP contribution in [0.15, 0.2) is 28.8 Å². The SMILES string of the molecule is Cc1cc(CNC(=O)c2cc(Cl)ccc2O)on1. The number of amides is 1. The molecular weight excluding hydrogens is 256 g/mol. The van der Waals surface area contributed by atoms with E-state index in [-0.39, 0.29) is 17.9 Å². The Bertz CT molecular complexity index is 580. The Hall–Kier alpha value is -2.01. The molecule has 0 unspecified atom stereocenters. The monoisotopic (exact) mass is 266 g/mol. The lowest BCUT2D eigenvalue weighted by molar-refractivity contribution is 0.0944. The predicted octanol–water partition coefficient (Wildman–Crippen LogP) is 2.27. The Morgan fingerprint density at radius 3 is 2.94 bits per heavy atom. The van der Waals surface area contributed by atoms with Crippen molar-refractivity contribution in [1.82, 2.24) is 10.5 Å². The van der Waals surface area contributed by atoms with E-state index in [1.54, 1.807) is 13.0 Å². The van der Waals surface area contributed by atoms with Crippen LogP contribution in [0.25, 0.3) is 0 Å². The van der Waals surface area contributed by atoms with Crippen molar-refractivity contribution in [3.05, 3.63) is 46.3 Å². The van der Waals surface area contributed by atoms with E-state index in [4.69, 9.17) is 16.1 Å². The number of aromatic nitrogens is 1. The summed E-state index contributed by atoms with van der Waals surface area (Å²) in [5, 5.41) is 16.2. The third kappa shape index (κ3) is 2.81. The van der Waals surface area contributed by atoms with Crippen molar-refractivity contribution in [3.8, 4) is 5.75 Å². The van der Waals surface area contributed by atoms with Gasteiger partial charge in [-0.2, -0.15) is 0 Å². The molecule has 6 heteroatoms. The lowest BCUT2D eigenvalue weighted by Gasteiger charge is -2.05. The average molecular weight is 267 g/mol. The van der Waals surface area contributed by atoms with E-state index < -0.39 is 5.91 Å². The molecule has 2 rings (SSSR count). The van der Waals surface area contributed by atoms with Gasteiger partial charge in [-0.1, -0.05) is 16.8 Å². The van der Waals surface area contributed by atoms with Crippen molar-refractivity contribution in [2.45, 2.75) is 13.5 Å². The second-order valence-corrected chi connectivity index (χ2v) is 4.22. The Balaban J connectivity index is 2.05. The summed E-state index contributed by atoms with van der Waals surface area (Å²) in [5.74, 6) is -0.00271. The van der Waals surface area contributed by atoms with Crippen molar-refractivity contribution in [3.63, 3.8) is 0 Å². The second-order valence-electron chi connectivity index (χ2n) is 3.78. The first-order chi connectivity index (χ1) is 8.56. The van der Waals surface area contributed by atoms with E-state index in [0.29, 0.717) is 10.8 Å². The van der Waals surface area contributed by atoms with Crippen LogP contribution < -0.4 is 5.32 Å². The maximum atomic E-state index is 11.8. The van der Waals surface area contributed by atoms with Gasteiger partial charge in [-0.15, -0.1) is 0 Å². The zero-order valence-electron chi connectivity index (χ0n) is 9.61. The Labute approximate surface area is 108 Å². The number of rotatable bonds is 3. The first-order valence-electron chi connectivity index (χ1n) is 5.25. The molecule has 1 aromatic carbocycles. The van der Waals surface area contributed by atoms with Gasteiger partial charge >= 0.3 is 0 Å². The molecule has 1 amide bonds. The second kappa shape index (κ2) is 5.10. The van der Waals surface area contributed by atoms with E-state index in [9.17, 15) is 9.90 Å². The maximum absolute atomic E-state index is 11.8. The summed E-state index contributed by atoms with van der Waals surface area (Å²) in [7, 11) is 0. The van der Waals surface area contributed by atoms with Crippen molar-refractivity contribution in [1.29, 1.82) is 0 Å². The molecule has 0 aliphatic carbocycles. The molecule has 1 heterocycles. The van der Waals surface area contributed by atoms with Crippen LogP contribution in [0.1, 0.15) is 21.8 Å². The van der Waals surface area contributed by atoms with Crippen molar-refractivity contribution >= 4 is 17.5 Å². The molecule has 0 fully saturated rings. The summed E-state index contributed by atoms with van der Waals surface area (Å²) in [6, 6.07) is 6.00. The van der Waals surface area contributed by atoms with Gasteiger partial charge in [0.05, 0.1) is 17.8 Å². The third-order valence-electron chi connectivity index (χ3n) is 2.30. The fourth-order valence-electron chi connectivity index (χ4n) is 1.45. The summed E-state index contributed by atoms with van der Waals surface area (Å²) in [5.41, 5.74) is 0.864. The minimum Gasteiger partial charge on any atom is -0.507 e. The fourth-order valence-corrected chi connectivity index (χ4v) is 1.62. The number of halogens is 1. The largest absolute Gasteiger partial charge is 0.507 e. The zero-order chi connectivity index (χ0) is 13.1. The summed E-state index contributed by atoms with van der Waals surface area (Å²) in [6.45, 7) is 1.99. The molecular formula is C12H11ClN2O3.